The molecule has 1 N–H and O–H groups in total. The van der Waals surface area contributed by atoms with E-state index in [1.54, 1.807) is 18.2 Å². The van der Waals surface area contributed by atoms with Crippen LogP contribution in [0.25, 0.3) is 21.3 Å². The topological polar surface area (TPSA) is 64.4 Å². The fourth-order valence-corrected chi connectivity index (χ4v) is 4.24. The Morgan fingerprint density at radius 1 is 1.20 bits per heavy atom. The molecule has 30 heavy (non-hydrogen) atoms. The van der Waals surface area contributed by atoms with E-state index >= 15 is 0 Å². The van der Waals surface area contributed by atoms with Crippen LogP contribution >= 0.6 is 22.9 Å². The van der Waals surface area contributed by atoms with E-state index in [9.17, 15) is 14.3 Å². The molecule has 4 aromatic rings. The Kier molecular flexibility index (Phi) is 6.24. The molecule has 154 valence electrons. The number of ether oxygens (including phenoxy) is 1. The molecule has 0 amide bonds. The van der Waals surface area contributed by atoms with Gasteiger partial charge in [-0.05, 0) is 29.3 Å². The molecule has 4 rings (SSSR count). The Morgan fingerprint density at radius 3 is 2.73 bits per heavy atom. The van der Waals surface area contributed by atoms with Crippen molar-refractivity contribution in [3.8, 4) is 11.1 Å². The van der Waals surface area contributed by atoms with Gasteiger partial charge in [0.25, 0.3) is 5.56 Å². The zero-order valence-corrected chi connectivity index (χ0v) is 17.4. The summed E-state index contributed by atoms with van der Waals surface area (Å²) in [5, 5.41) is 13.2. The van der Waals surface area contributed by atoms with Gasteiger partial charge < -0.3 is 9.84 Å². The lowest BCUT2D eigenvalue weighted by molar-refractivity contribution is 0.0199. The summed E-state index contributed by atoms with van der Waals surface area (Å²) in [6.45, 7) is 0.356. The van der Waals surface area contributed by atoms with Crippen molar-refractivity contribution in [1.29, 1.82) is 0 Å². The third-order valence-electron chi connectivity index (χ3n) is 4.65. The normalized spacial score (nSPS) is 12.4. The minimum atomic E-state index is -0.891. The van der Waals surface area contributed by atoms with E-state index in [0.29, 0.717) is 20.8 Å². The molecule has 0 saturated carbocycles. The molecule has 0 spiro atoms. The van der Waals surface area contributed by atoms with Crippen LogP contribution in [0.3, 0.4) is 0 Å². The van der Waals surface area contributed by atoms with Gasteiger partial charge in [-0.1, -0.05) is 41.9 Å². The second-order valence-corrected chi connectivity index (χ2v) is 8.06. The second-order valence-electron chi connectivity index (χ2n) is 6.80. The molecule has 0 aliphatic heterocycles. The largest absolute Gasteiger partial charge is 0.389 e. The predicted octanol–water partition coefficient (Wildman–Crippen LogP) is 4.50. The van der Waals surface area contributed by atoms with Gasteiger partial charge in [-0.25, -0.2) is 9.37 Å². The van der Waals surface area contributed by atoms with E-state index in [1.807, 2.05) is 23.6 Å². The number of hydrogen-bond donors (Lipinski definition) is 1. The van der Waals surface area contributed by atoms with Crippen LogP contribution in [-0.2, 0) is 17.9 Å². The molecule has 0 aliphatic rings. The van der Waals surface area contributed by atoms with Crippen molar-refractivity contribution >= 4 is 33.2 Å². The van der Waals surface area contributed by atoms with E-state index in [4.69, 9.17) is 16.3 Å². The van der Waals surface area contributed by atoms with Crippen LogP contribution in [0, 0.1) is 5.82 Å². The molecule has 0 saturated heterocycles. The summed E-state index contributed by atoms with van der Waals surface area (Å²) in [5.41, 5.74) is 2.01. The minimum Gasteiger partial charge on any atom is -0.389 e. The maximum atomic E-state index is 13.2. The zero-order valence-electron chi connectivity index (χ0n) is 15.8. The summed E-state index contributed by atoms with van der Waals surface area (Å²) < 4.78 is 20.2. The Bertz CT molecular complexity index is 1220. The van der Waals surface area contributed by atoms with E-state index in [2.05, 4.69) is 4.98 Å². The summed E-state index contributed by atoms with van der Waals surface area (Å²) in [4.78, 5) is 17.9. The lowest BCUT2D eigenvalue weighted by Crippen LogP contribution is -2.29. The van der Waals surface area contributed by atoms with Crippen LogP contribution in [0.1, 0.15) is 5.56 Å². The van der Waals surface area contributed by atoms with Crippen LogP contribution in [-0.4, -0.2) is 27.4 Å². The van der Waals surface area contributed by atoms with E-state index in [0.717, 1.165) is 11.1 Å². The van der Waals surface area contributed by atoms with Crippen molar-refractivity contribution in [2.24, 2.45) is 0 Å². The highest BCUT2D eigenvalue weighted by Crippen LogP contribution is 2.30. The monoisotopic (exact) mass is 444 g/mol. The van der Waals surface area contributed by atoms with Crippen molar-refractivity contribution < 1.29 is 14.2 Å². The van der Waals surface area contributed by atoms with Gasteiger partial charge in [0.2, 0.25) is 0 Å². The fraction of sp³-hybridized carbons (Fsp3) is 0.182. The van der Waals surface area contributed by atoms with Gasteiger partial charge in [0.15, 0.2) is 0 Å². The summed E-state index contributed by atoms with van der Waals surface area (Å²) in [5.74, 6) is -0.339. The van der Waals surface area contributed by atoms with E-state index < -0.39 is 6.10 Å². The Balaban J connectivity index is 1.49. The average Bonchev–Trinajstić information content (AvgIpc) is 3.17. The van der Waals surface area contributed by atoms with Gasteiger partial charge >= 0.3 is 0 Å². The summed E-state index contributed by atoms with van der Waals surface area (Å²) in [7, 11) is 0. The van der Waals surface area contributed by atoms with Crippen LogP contribution in [0.2, 0.25) is 5.02 Å². The second kappa shape index (κ2) is 9.06. The molecule has 8 heteroatoms. The number of hydrogen-bond acceptors (Lipinski definition) is 5. The minimum absolute atomic E-state index is 0.0446. The molecule has 0 bridgehead atoms. The number of nitrogens with zero attached hydrogens (tertiary/aromatic N) is 2. The van der Waals surface area contributed by atoms with Crippen molar-refractivity contribution in [3.05, 3.63) is 87.0 Å². The van der Waals surface area contributed by atoms with Gasteiger partial charge in [-0.3, -0.25) is 9.36 Å². The number of rotatable bonds is 7. The number of aliphatic hydroxyl groups excluding tert-OH is 1. The third kappa shape index (κ3) is 4.44. The maximum absolute atomic E-state index is 13.2. The SMILES string of the molecule is O=c1c2c(-c3ccc(F)cc3)csc2ncn1CC(O)COCc1ccccc1Cl. The zero-order chi connectivity index (χ0) is 21.1. The molecular weight excluding hydrogens is 427 g/mol. The number of halogens is 2. The molecule has 1 unspecified atom stereocenters. The number of aromatic nitrogens is 2. The lowest BCUT2D eigenvalue weighted by atomic mass is 10.1. The highest BCUT2D eigenvalue weighted by atomic mass is 35.5. The molecule has 2 heterocycles. The summed E-state index contributed by atoms with van der Waals surface area (Å²) >= 11 is 7.44. The molecular formula is C22H18ClFN2O3S. The standard InChI is InChI=1S/C22H18ClFN2O3S/c23-19-4-2-1-3-15(19)10-29-11-17(27)9-26-13-25-21-20(22(26)28)18(12-30-21)14-5-7-16(24)8-6-14/h1-8,12-13,17,27H,9-11H2. The molecule has 0 aliphatic carbocycles. The average molecular weight is 445 g/mol. The van der Waals surface area contributed by atoms with E-state index in [1.165, 1.54) is 34.4 Å². The Labute approximate surface area is 181 Å². The number of benzene rings is 2. The van der Waals surface area contributed by atoms with Crippen LogP contribution in [0.5, 0.6) is 0 Å². The van der Waals surface area contributed by atoms with Crippen molar-refractivity contribution in [3.63, 3.8) is 0 Å². The van der Waals surface area contributed by atoms with Crippen LogP contribution in [0.15, 0.2) is 65.0 Å². The summed E-state index contributed by atoms with van der Waals surface area (Å²) in [6, 6.07) is 13.3. The maximum Gasteiger partial charge on any atom is 0.262 e. The first-order valence-corrected chi connectivity index (χ1v) is 10.5. The van der Waals surface area contributed by atoms with Gasteiger partial charge in [-0.15, -0.1) is 11.3 Å². The Morgan fingerprint density at radius 2 is 1.97 bits per heavy atom. The lowest BCUT2D eigenvalue weighted by Gasteiger charge is -2.13. The fourth-order valence-electron chi connectivity index (χ4n) is 3.14. The molecule has 0 fully saturated rings. The first-order valence-electron chi connectivity index (χ1n) is 9.24. The first-order chi connectivity index (χ1) is 14.5. The number of aliphatic hydroxyl groups is 1. The predicted molar refractivity (Wildman–Crippen MR) is 116 cm³/mol. The molecule has 0 radical (unpaired) electrons. The van der Waals surface area contributed by atoms with Gasteiger partial charge in [0.1, 0.15) is 10.6 Å². The number of thiophene rings is 1. The summed E-state index contributed by atoms with van der Waals surface area (Å²) in [6.07, 6.45) is 0.532. The third-order valence-corrected chi connectivity index (χ3v) is 5.90. The van der Waals surface area contributed by atoms with Crippen molar-refractivity contribution in [2.75, 3.05) is 6.61 Å². The molecule has 2 aromatic heterocycles. The highest BCUT2D eigenvalue weighted by molar-refractivity contribution is 7.17. The van der Waals surface area contributed by atoms with Crippen molar-refractivity contribution in [1.82, 2.24) is 9.55 Å². The molecule has 5 nitrogen and oxygen atoms in total. The van der Waals surface area contributed by atoms with Gasteiger partial charge in [-0.2, -0.15) is 0 Å². The molecule has 2 aromatic carbocycles. The van der Waals surface area contributed by atoms with Crippen LogP contribution in [0.4, 0.5) is 4.39 Å². The van der Waals surface area contributed by atoms with Gasteiger partial charge in [0, 0.05) is 16.0 Å². The smallest absolute Gasteiger partial charge is 0.262 e. The highest BCUT2D eigenvalue weighted by Gasteiger charge is 2.15. The molecule has 1 atom stereocenters. The first kappa shape index (κ1) is 20.7. The van der Waals surface area contributed by atoms with Crippen LogP contribution < -0.4 is 5.56 Å². The number of fused-ring (bicyclic) bond motifs is 1. The Hall–Kier alpha value is -2.58. The van der Waals surface area contributed by atoms with Gasteiger partial charge in [0.05, 0.1) is 37.6 Å². The van der Waals surface area contributed by atoms with E-state index in [-0.39, 0.29) is 31.1 Å². The van der Waals surface area contributed by atoms with Crippen molar-refractivity contribution in [2.45, 2.75) is 19.3 Å². The quantitative estimate of drug-likeness (QED) is 0.456.